The molecular weight excluding hydrogens is 285 g/mol. The van der Waals surface area contributed by atoms with E-state index in [2.05, 4.69) is 12.2 Å². The summed E-state index contributed by atoms with van der Waals surface area (Å²) in [6.45, 7) is 3.40. The zero-order valence-corrected chi connectivity index (χ0v) is 12.2. The molecule has 0 aromatic heterocycles. The molecule has 1 aliphatic rings. The minimum atomic E-state index is -0.166. The number of piperidine rings is 1. The molecule has 4 nitrogen and oxygen atoms in total. The molecule has 2 amide bonds. The molecule has 6 heteroatoms. The number of hydrogen-bond acceptors (Lipinski definition) is 2. The monoisotopic (exact) mass is 301 g/mol. The van der Waals surface area contributed by atoms with Gasteiger partial charge in [-0.05, 0) is 30.5 Å². The molecule has 0 bridgehead atoms. The van der Waals surface area contributed by atoms with Gasteiger partial charge in [-0.25, -0.2) is 4.79 Å². The Balaban J connectivity index is 2.01. The van der Waals surface area contributed by atoms with Crippen molar-refractivity contribution in [1.29, 1.82) is 0 Å². The second-order valence-corrected chi connectivity index (χ2v) is 5.84. The Labute approximate surface area is 122 Å². The maximum atomic E-state index is 12.1. The van der Waals surface area contributed by atoms with E-state index in [0.29, 0.717) is 28.2 Å². The third kappa shape index (κ3) is 3.75. The first-order valence-corrected chi connectivity index (χ1v) is 6.99. The van der Waals surface area contributed by atoms with E-state index >= 15 is 0 Å². The van der Waals surface area contributed by atoms with Gasteiger partial charge in [0.25, 0.3) is 0 Å². The number of urea groups is 1. The zero-order valence-electron chi connectivity index (χ0n) is 10.7. The highest BCUT2D eigenvalue weighted by Gasteiger charge is 2.26. The molecule has 1 aromatic carbocycles. The predicted molar refractivity (Wildman–Crippen MR) is 78.8 cm³/mol. The lowest BCUT2D eigenvalue weighted by Crippen LogP contribution is -2.50. The molecule has 3 N–H and O–H groups in total. The number of nitrogens with zero attached hydrogens (tertiary/aromatic N) is 1. The average molecular weight is 302 g/mol. The number of benzene rings is 1. The fraction of sp³-hybridized carbons (Fsp3) is 0.462. The number of hydrogen-bond donors (Lipinski definition) is 2. The number of halogens is 2. The predicted octanol–water partition coefficient (Wildman–Crippen LogP) is 3.19. The molecule has 1 fully saturated rings. The third-order valence-corrected chi connectivity index (χ3v) is 3.85. The summed E-state index contributed by atoms with van der Waals surface area (Å²) in [7, 11) is 0. The van der Waals surface area contributed by atoms with Gasteiger partial charge in [-0.3, -0.25) is 0 Å². The van der Waals surface area contributed by atoms with Crippen LogP contribution in [0.15, 0.2) is 18.2 Å². The van der Waals surface area contributed by atoms with E-state index in [1.54, 1.807) is 23.1 Å². The quantitative estimate of drug-likeness (QED) is 0.837. The fourth-order valence-electron chi connectivity index (χ4n) is 2.11. The van der Waals surface area contributed by atoms with E-state index in [1.807, 2.05) is 0 Å². The van der Waals surface area contributed by atoms with E-state index in [-0.39, 0.29) is 12.1 Å². The molecule has 0 saturated carbocycles. The Bertz CT molecular complexity index is 461. The van der Waals surface area contributed by atoms with Gasteiger partial charge in [0, 0.05) is 34.9 Å². The highest BCUT2D eigenvalue weighted by molar-refractivity contribution is 6.35. The van der Waals surface area contributed by atoms with Crippen LogP contribution in [0.2, 0.25) is 10.0 Å². The van der Waals surface area contributed by atoms with E-state index < -0.39 is 0 Å². The van der Waals surface area contributed by atoms with Crippen molar-refractivity contribution in [2.45, 2.75) is 19.4 Å². The number of nitrogens with one attached hydrogen (secondary N) is 1. The molecular formula is C13H17Cl2N3O. The van der Waals surface area contributed by atoms with E-state index in [9.17, 15) is 4.79 Å². The minimum Gasteiger partial charge on any atom is -0.326 e. The first-order chi connectivity index (χ1) is 8.95. The Kier molecular flexibility index (Phi) is 4.55. The number of rotatable bonds is 1. The van der Waals surface area contributed by atoms with Crippen LogP contribution in [0.4, 0.5) is 10.5 Å². The summed E-state index contributed by atoms with van der Waals surface area (Å²) in [5.41, 5.74) is 6.58. The molecule has 1 saturated heterocycles. The van der Waals surface area contributed by atoms with E-state index in [4.69, 9.17) is 28.9 Å². The average Bonchev–Trinajstić information content (AvgIpc) is 2.31. The first-order valence-electron chi connectivity index (χ1n) is 6.23. The van der Waals surface area contributed by atoms with Crippen LogP contribution in [-0.4, -0.2) is 30.1 Å². The van der Waals surface area contributed by atoms with Gasteiger partial charge in [-0.2, -0.15) is 0 Å². The van der Waals surface area contributed by atoms with Crippen LogP contribution >= 0.6 is 23.2 Å². The van der Waals surface area contributed by atoms with Crippen molar-refractivity contribution in [3.05, 3.63) is 28.2 Å². The topological polar surface area (TPSA) is 58.4 Å². The standard InChI is InChI=1S/C13H17Cl2N3O/c1-8-2-3-18(7-12(8)16)13(19)17-11-5-9(14)4-10(15)6-11/h4-6,8,12H,2-3,7,16H2,1H3,(H,17,19). The molecule has 104 valence electrons. The van der Waals surface area contributed by atoms with Crippen LogP contribution in [-0.2, 0) is 0 Å². The lowest BCUT2D eigenvalue weighted by atomic mass is 9.94. The number of likely N-dealkylation sites (tertiary alicyclic amines) is 1. The summed E-state index contributed by atoms with van der Waals surface area (Å²) in [6.07, 6.45) is 0.922. The maximum absolute atomic E-state index is 12.1. The summed E-state index contributed by atoms with van der Waals surface area (Å²) in [5, 5.41) is 3.78. The van der Waals surface area contributed by atoms with Gasteiger partial charge in [0.15, 0.2) is 0 Å². The summed E-state index contributed by atoms with van der Waals surface area (Å²) >= 11 is 11.8. The van der Waals surface area contributed by atoms with Crippen molar-refractivity contribution < 1.29 is 4.79 Å². The Hall–Kier alpha value is -0.970. The van der Waals surface area contributed by atoms with Crippen LogP contribution in [0.5, 0.6) is 0 Å². The molecule has 1 aliphatic heterocycles. The van der Waals surface area contributed by atoms with Crippen LogP contribution in [0.3, 0.4) is 0 Å². The summed E-state index contributed by atoms with van der Waals surface area (Å²) in [5.74, 6) is 0.449. The van der Waals surface area contributed by atoms with Crippen LogP contribution in [0.25, 0.3) is 0 Å². The highest BCUT2D eigenvalue weighted by Crippen LogP contribution is 2.23. The third-order valence-electron chi connectivity index (χ3n) is 3.42. The van der Waals surface area contributed by atoms with Gasteiger partial charge in [0.1, 0.15) is 0 Å². The molecule has 1 heterocycles. The summed E-state index contributed by atoms with van der Waals surface area (Å²) in [4.78, 5) is 13.8. The van der Waals surface area contributed by atoms with Crippen LogP contribution < -0.4 is 11.1 Å². The Morgan fingerprint density at radius 3 is 2.58 bits per heavy atom. The van der Waals surface area contributed by atoms with Gasteiger partial charge in [0.2, 0.25) is 0 Å². The van der Waals surface area contributed by atoms with Gasteiger partial charge < -0.3 is 16.0 Å². The first kappa shape index (κ1) is 14.4. The van der Waals surface area contributed by atoms with E-state index in [1.165, 1.54) is 0 Å². The molecule has 2 unspecified atom stereocenters. The second-order valence-electron chi connectivity index (χ2n) is 4.96. The molecule has 0 aliphatic carbocycles. The van der Waals surface area contributed by atoms with Gasteiger partial charge >= 0.3 is 6.03 Å². The SMILES string of the molecule is CC1CCN(C(=O)Nc2cc(Cl)cc(Cl)c2)CC1N. The fourth-order valence-corrected chi connectivity index (χ4v) is 2.64. The lowest BCUT2D eigenvalue weighted by Gasteiger charge is -2.35. The molecule has 0 spiro atoms. The summed E-state index contributed by atoms with van der Waals surface area (Å²) in [6, 6.07) is 4.82. The number of carbonyl (C=O) groups excluding carboxylic acids is 1. The van der Waals surface area contributed by atoms with E-state index in [0.717, 1.165) is 13.0 Å². The molecule has 19 heavy (non-hydrogen) atoms. The highest BCUT2D eigenvalue weighted by atomic mass is 35.5. The van der Waals surface area contributed by atoms with Crippen molar-refractivity contribution in [3.8, 4) is 0 Å². The molecule has 2 rings (SSSR count). The largest absolute Gasteiger partial charge is 0.326 e. The number of amides is 2. The maximum Gasteiger partial charge on any atom is 0.321 e. The zero-order chi connectivity index (χ0) is 14.0. The smallest absolute Gasteiger partial charge is 0.321 e. The molecule has 1 aromatic rings. The number of anilines is 1. The second kappa shape index (κ2) is 5.99. The Morgan fingerprint density at radius 2 is 2.00 bits per heavy atom. The van der Waals surface area contributed by atoms with Gasteiger partial charge in [-0.15, -0.1) is 0 Å². The van der Waals surface area contributed by atoms with Crippen molar-refractivity contribution in [2.75, 3.05) is 18.4 Å². The number of nitrogens with two attached hydrogens (primary N) is 1. The molecule has 0 radical (unpaired) electrons. The van der Waals surface area contributed by atoms with Crippen molar-refractivity contribution in [1.82, 2.24) is 4.90 Å². The van der Waals surface area contributed by atoms with Gasteiger partial charge in [-0.1, -0.05) is 30.1 Å². The number of carbonyl (C=O) groups is 1. The van der Waals surface area contributed by atoms with Crippen molar-refractivity contribution >= 4 is 34.9 Å². The normalized spacial score (nSPS) is 23.3. The van der Waals surface area contributed by atoms with Crippen LogP contribution in [0.1, 0.15) is 13.3 Å². The minimum absolute atomic E-state index is 0.0300. The van der Waals surface area contributed by atoms with Gasteiger partial charge in [0.05, 0.1) is 0 Å². The van der Waals surface area contributed by atoms with Crippen LogP contribution in [0, 0.1) is 5.92 Å². The summed E-state index contributed by atoms with van der Waals surface area (Å²) < 4.78 is 0. The molecule has 2 atom stereocenters. The Morgan fingerprint density at radius 1 is 1.37 bits per heavy atom. The van der Waals surface area contributed by atoms with Crippen molar-refractivity contribution in [3.63, 3.8) is 0 Å². The lowest BCUT2D eigenvalue weighted by molar-refractivity contribution is 0.174. The van der Waals surface area contributed by atoms with Crippen molar-refractivity contribution in [2.24, 2.45) is 11.7 Å².